The number of nitrogens with one attached hydrogen (secondary N) is 1. The SMILES string of the molecule is CCNC(=O)COc1cc(F)ccc1C(C)N. The molecule has 0 heterocycles. The fourth-order valence-corrected chi connectivity index (χ4v) is 1.40. The van der Waals surface area contributed by atoms with Crippen LogP contribution in [-0.4, -0.2) is 19.1 Å². The Bertz CT molecular complexity index is 394. The smallest absolute Gasteiger partial charge is 0.257 e. The zero-order valence-corrected chi connectivity index (χ0v) is 10.00. The Morgan fingerprint density at radius 3 is 2.88 bits per heavy atom. The highest BCUT2D eigenvalue weighted by atomic mass is 19.1. The van der Waals surface area contributed by atoms with Crippen molar-refractivity contribution in [3.05, 3.63) is 29.6 Å². The first kappa shape index (κ1) is 13.4. The van der Waals surface area contributed by atoms with Crippen LogP contribution in [0.3, 0.4) is 0 Å². The van der Waals surface area contributed by atoms with E-state index in [1.54, 1.807) is 13.0 Å². The molecule has 0 spiro atoms. The largest absolute Gasteiger partial charge is 0.483 e. The van der Waals surface area contributed by atoms with E-state index >= 15 is 0 Å². The van der Waals surface area contributed by atoms with Gasteiger partial charge in [0.25, 0.3) is 5.91 Å². The first-order valence-electron chi connectivity index (χ1n) is 5.49. The summed E-state index contributed by atoms with van der Waals surface area (Å²) in [6.07, 6.45) is 0. The summed E-state index contributed by atoms with van der Waals surface area (Å²) < 4.78 is 18.3. The number of hydrogen-bond acceptors (Lipinski definition) is 3. The van der Waals surface area contributed by atoms with Crippen molar-refractivity contribution in [2.45, 2.75) is 19.9 Å². The van der Waals surface area contributed by atoms with Gasteiger partial charge >= 0.3 is 0 Å². The molecule has 0 aromatic heterocycles. The average molecular weight is 240 g/mol. The van der Waals surface area contributed by atoms with Gasteiger partial charge in [0.05, 0.1) is 0 Å². The van der Waals surface area contributed by atoms with Crippen LogP contribution in [-0.2, 0) is 4.79 Å². The number of ether oxygens (including phenoxy) is 1. The number of nitrogens with two attached hydrogens (primary N) is 1. The van der Waals surface area contributed by atoms with Gasteiger partial charge in [0.2, 0.25) is 0 Å². The fraction of sp³-hybridized carbons (Fsp3) is 0.417. The van der Waals surface area contributed by atoms with E-state index in [9.17, 15) is 9.18 Å². The average Bonchev–Trinajstić information content (AvgIpc) is 2.26. The zero-order chi connectivity index (χ0) is 12.8. The Kier molecular flexibility index (Phi) is 4.90. The predicted octanol–water partition coefficient (Wildman–Crippen LogP) is 1.36. The Labute approximate surface area is 100.0 Å². The molecule has 1 amide bonds. The molecule has 0 bridgehead atoms. The summed E-state index contributed by atoms with van der Waals surface area (Å²) in [6.45, 7) is 3.97. The van der Waals surface area contributed by atoms with E-state index in [0.29, 0.717) is 17.9 Å². The summed E-state index contributed by atoms with van der Waals surface area (Å²) >= 11 is 0. The van der Waals surface area contributed by atoms with E-state index in [4.69, 9.17) is 10.5 Å². The van der Waals surface area contributed by atoms with E-state index in [1.165, 1.54) is 12.1 Å². The predicted molar refractivity (Wildman–Crippen MR) is 63.2 cm³/mol. The summed E-state index contributed by atoms with van der Waals surface area (Å²) in [7, 11) is 0. The van der Waals surface area contributed by atoms with Gasteiger partial charge in [-0.05, 0) is 19.9 Å². The molecule has 0 radical (unpaired) electrons. The lowest BCUT2D eigenvalue weighted by molar-refractivity contribution is -0.123. The normalized spacial score (nSPS) is 12.0. The van der Waals surface area contributed by atoms with Gasteiger partial charge in [-0.2, -0.15) is 0 Å². The lowest BCUT2D eigenvalue weighted by Crippen LogP contribution is -2.28. The first-order chi connectivity index (χ1) is 8.04. The number of likely N-dealkylation sites (N-methyl/N-ethyl adjacent to an activating group) is 1. The van der Waals surface area contributed by atoms with Gasteiger partial charge in [-0.1, -0.05) is 6.07 Å². The van der Waals surface area contributed by atoms with Gasteiger partial charge in [0, 0.05) is 24.2 Å². The number of hydrogen-bond donors (Lipinski definition) is 2. The zero-order valence-electron chi connectivity index (χ0n) is 10.00. The van der Waals surface area contributed by atoms with E-state index in [1.807, 2.05) is 6.92 Å². The minimum atomic E-state index is -0.416. The molecule has 1 aromatic rings. The molecule has 3 N–H and O–H groups in total. The molecule has 1 unspecified atom stereocenters. The van der Waals surface area contributed by atoms with Crippen molar-refractivity contribution in [2.24, 2.45) is 5.73 Å². The van der Waals surface area contributed by atoms with Crippen LogP contribution in [0.2, 0.25) is 0 Å². The molecule has 0 aliphatic carbocycles. The third-order valence-corrected chi connectivity index (χ3v) is 2.20. The first-order valence-corrected chi connectivity index (χ1v) is 5.49. The molecule has 1 aromatic carbocycles. The number of rotatable bonds is 5. The number of halogens is 1. The summed E-state index contributed by atoms with van der Waals surface area (Å²) in [6, 6.07) is 3.84. The molecule has 0 aliphatic rings. The van der Waals surface area contributed by atoms with Gasteiger partial charge in [0.1, 0.15) is 11.6 Å². The number of amides is 1. The molecule has 0 saturated carbocycles. The standard InChI is InChI=1S/C12H17FN2O2/c1-3-15-12(16)7-17-11-6-9(13)4-5-10(11)8(2)14/h4-6,8H,3,7,14H2,1-2H3,(H,15,16). The minimum Gasteiger partial charge on any atom is -0.483 e. The van der Waals surface area contributed by atoms with Gasteiger partial charge < -0.3 is 15.8 Å². The minimum absolute atomic E-state index is 0.142. The maximum absolute atomic E-state index is 13.1. The Morgan fingerprint density at radius 2 is 2.29 bits per heavy atom. The highest BCUT2D eigenvalue weighted by Crippen LogP contribution is 2.24. The molecule has 94 valence electrons. The Hall–Kier alpha value is -1.62. The van der Waals surface area contributed by atoms with Crippen LogP contribution in [0.4, 0.5) is 4.39 Å². The highest BCUT2D eigenvalue weighted by Gasteiger charge is 2.10. The van der Waals surface area contributed by atoms with Crippen molar-refractivity contribution in [1.82, 2.24) is 5.32 Å². The molecular formula is C12H17FN2O2. The van der Waals surface area contributed by atoms with Crippen molar-refractivity contribution in [2.75, 3.05) is 13.2 Å². The van der Waals surface area contributed by atoms with Crippen molar-refractivity contribution in [3.63, 3.8) is 0 Å². The van der Waals surface area contributed by atoms with Crippen molar-refractivity contribution >= 4 is 5.91 Å². The lowest BCUT2D eigenvalue weighted by atomic mass is 10.1. The molecule has 0 saturated heterocycles. The van der Waals surface area contributed by atoms with Gasteiger partial charge in [-0.3, -0.25) is 4.79 Å². The molecule has 17 heavy (non-hydrogen) atoms. The van der Waals surface area contributed by atoms with Crippen molar-refractivity contribution < 1.29 is 13.9 Å². The van der Waals surface area contributed by atoms with Crippen molar-refractivity contribution in [1.29, 1.82) is 0 Å². The Balaban J connectivity index is 2.75. The topological polar surface area (TPSA) is 64.3 Å². The van der Waals surface area contributed by atoms with Crippen LogP contribution in [0.15, 0.2) is 18.2 Å². The molecule has 4 nitrogen and oxygen atoms in total. The molecule has 0 fully saturated rings. The van der Waals surface area contributed by atoms with E-state index in [-0.39, 0.29) is 18.6 Å². The lowest BCUT2D eigenvalue weighted by Gasteiger charge is -2.13. The summed E-state index contributed by atoms with van der Waals surface area (Å²) in [5, 5.41) is 2.59. The highest BCUT2D eigenvalue weighted by molar-refractivity contribution is 5.77. The fourth-order valence-electron chi connectivity index (χ4n) is 1.40. The third-order valence-electron chi connectivity index (χ3n) is 2.20. The second-order valence-electron chi connectivity index (χ2n) is 3.71. The summed E-state index contributed by atoms with van der Waals surface area (Å²) in [4.78, 5) is 11.2. The molecule has 1 atom stereocenters. The summed E-state index contributed by atoms with van der Waals surface area (Å²) in [5.41, 5.74) is 6.40. The summed E-state index contributed by atoms with van der Waals surface area (Å²) in [5.74, 6) is -0.348. The van der Waals surface area contributed by atoms with Crippen LogP contribution in [0.5, 0.6) is 5.75 Å². The maximum atomic E-state index is 13.1. The monoisotopic (exact) mass is 240 g/mol. The quantitative estimate of drug-likeness (QED) is 0.816. The van der Waals surface area contributed by atoms with Gasteiger partial charge in [-0.15, -0.1) is 0 Å². The maximum Gasteiger partial charge on any atom is 0.257 e. The van der Waals surface area contributed by atoms with E-state index < -0.39 is 5.82 Å². The molecular weight excluding hydrogens is 223 g/mol. The van der Waals surface area contributed by atoms with Gasteiger partial charge in [-0.25, -0.2) is 4.39 Å². The second kappa shape index (κ2) is 6.20. The molecule has 0 aliphatic heterocycles. The van der Waals surface area contributed by atoms with Crippen LogP contribution < -0.4 is 15.8 Å². The van der Waals surface area contributed by atoms with E-state index in [2.05, 4.69) is 5.32 Å². The third kappa shape index (κ3) is 4.03. The van der Waals surface area contributed by atoms with Gasteiger partial charge in [0.15, 0.2) is 6.61 Å². The van der Waals surface area contributed by atoms with Crippen LogP contribution >= 0.6 is 0 Å². The number of carbonyl (C=O) groups is 1. The van der Waals surface area contributed by atoms with Crippen molar-refractivity contribution in [3.8, 4) is 5.75 Å². The number of benzene rings is 1. The Morgan fingerprint density at radius 1 is 1.59 bits per heavy atom. The number of carbonyl (C=O) groups excluding carboxylic acids is 1. The molecule has 5 heteroatoms. The van der Waals surface area contributed by atoms with Crippen LogP contribution in [0.1, 0.15) is 25.5 Å². The van der Waals surface area contributed by atoms with Crippen LogP contribution in [0.25, 0.3) is 0 Å². The van der Waals surface area contributed by atoms with E-state index in [0.717, 1.165) is 0 Å². The molecule has 1 rings (SSSR count). The van der Waals surface area contributed by atoms with Crippen LogP contribution in [0, 0.1) is 5.82 Å². The second-order valence-corrected chi connectivity index (χ2v) is 3.71.